The van der Waals surface area contributed by atoms with Crippen LogP contribution in [0.3, 0.4) is 0 Å². The van der Waals surface area contributed by atoms with Crippen molar-refractivity contribution in [3.63, 3.8) is 0 Å². The van der Waals surface area contributed by atoms with Crippen molar-refractivity contribution in [3.8, 4) is 5.75 Å². The van der Waals surface area contributed by atoms with Gasteiger partial charge in [0.15, 0.2) is 0 Å². The number of halogens is 2. The van der Waals surface area contributed by atoms with Gasteiger partial charge in [-0.15, -0.1) is 0 Å². The molecule has 0 amide bonds. The van der Waals surface area contributed by atoms with Gasteiger partial charge in [-0.25, -0.2) is 8.78 Å². The van der Waals surface area contributed by atoms with Gasteiger partial charge in [-0.05, 0) is 23.8 Å². The lowest BCUT2D eigenvalue weighted by Crippen LogP contribution is -1.99. The minimum Gasteiger partial charge on any atom is -0.489 e. The quantitative estimate of drug-likeness (QED) is 0.903. The van der Waals surface area contributed by atoms with Gasteiger partial charge < -0.3 is 9.84 Å². The molecule has 0 aliphatic rings. The van der Waals surface area contributed by atoms with Crippen LogP contribution in [0.1, 0.15) is 11.1 Å². The van der Waals surface area contributed by atoms with Crippen molar-refractivity contribution in [2.75, 3.05) is 0 Å². The van der Waals surface area contributed by atoms with E-state index in [4.69, 9.17) is 9.84 Å². The van der Waals surface area contributed by atoms with Crippen LogP contribution < -0.4 is 4.74 Å². The van der Waals surface area contributed by atoms with E-state index in [1.54, 1.807) is 18.2 Å². The van der Waals surface area contributed by atoms with Crippen molar-refractivity contribution in [2.24, 2.45) is 0 Å². The van der Waals surface area contributed by atoms with E-state index in [2.05, 4.69) is 0 Å². The van der Waals surface area contributed by atoms with E-state index in [-0.39, 0.29) is 24.8 Å². The minimum absolute atomic E-state index is 0.0149. The first-order chi connectivity index (χ1) is 8.69. The highest BCUT2D eigenvalue weighted by atomic mass is 19.1. The van der Waals surface area contributed by atoms with Crippen molar-refractivity contribution in [1.29, 1.82) is 0 Å². The number of aliphatic hydroxyl groups excluding tert-OH is 1. The summed E-state index contributed by atoms with van der Waals surface area (Å²) in [5.41, 5.74) is 0.811. The van der Waals surface area contributed by atoms with Crippen LogP contribution in [0.4, 0.5) is 8.78 Å². The summed E-state index contributed by atoms with van der Waals surface area (Å²) in [6.45, 7) is -0.255. The van der Waals surface area contributed by atoms with Crippen LogP contribution in [0.2, 0.25) is 0 Å². The Hall–Kier alpha value is -1.94. The lowest BCUT2D eigenvalue weighted by molar-refractivity contribution is 0.275. The summed E-state index contributed by atoms with van der Waals surface area (Å²) < 4.78 is 31.8. The normalized spacial score (nSPS) is 10.4. The first-order valence-electron chi connectivity index (χ1n) is 5.45. The van der Waals surface area contributed by atoms with Crippen LogP contribution in [0.15, 0.2) is 42.5 Å². The first kappa shape index (κ1) is 12.5. The van der Waals surface area contributed by atoms with Crippen molar-refractivity contribution >= 4 is 0 Å². The van der Waals surface area contributed by atoms with Gasteiger partial charge in [0.2, 0.25) is 0 Å². The zero-order valence-electron chi connectivity index (χ0n) is 9.57. The second-order valence-corrected chi connectivity index (χ2v) is 3.83. The molecule has 18 heavy (non-hydrogen) atoms. The molecule has 94 valence electrons. The molecular weight excluding hydrogens is 238 g/mol. The first-order valence-corrected chi connectivity index (χ1v) is 5.45. The zero-order chi connectivity index (χ0) is 13.0. The van der Waals surface area contributed by atoms with Crippen molar-refractivity contribution in [2.45, 2.75) is 13.2 Å². The molecule has 0 aliphatic heterocycles. The van der Waals surface area contributed by atoms with Crippen LogP contribution in [0.5, 0.6) is 5.75 Å². The third-order valence-electron chi connectivity index (χ3n) is 2.47. The molecule has 0 fully saturated rings. The highest BCUT2D eigenvalue weighted by molar-refractivity contribution is 5.29. The largest absolute Gasteiger partial charge is 0.489 e. The maximum Gasteiger partial charge on any atom is 0.129 e. The third-order valence-corrected chi connectivity index (χ3v) is 2.47. The van der Waals surface area contributed by atoms with E-state index < -0.39 is 5.82 Å². The number of aliphatic hydroxyl groups is 1. The fourth-order valence-corrected chi connectivity index (χ4v) is 1.57. The Labute approximate surface area is 103 Å². The second kappa shape index (κ2) is 5.60. The average molecular weight is 250 g/mol. The molecule has 0 saturated carbocycles. The van der Waals surface area contributed by atoms with Crippen molar-refractivity contribution in [1.82, 2.24) is 0 Å². The van der Waals surface area contributed by atoms with Crippen LogP contribution in [0, 0.1) is 11.6 Å². The van der Waals surface area contributed by atoms with Gasteiger partial charge >= 0.3 is 0 Å². The Morgan fingerprint density at radius 3 is 2.56 bits per heavy atom. The van der Waals surface area contributed by atoms with E-state index in [0.29, 0.717) is 11.1 Å². The molecular formula is C14H12F2O2. The summed E-state index contributed by atoms with van der Waals surface area (Å²) >= 11 is 0. The summed E-state index contributed by atoms with van der Waals surface area (Å²) in [7, 11) is 0. The van der Waals surface area contributed by atoms with E-state index in [0.717, 1.165) is 0 Å². The van der Waals surface area contributed by atoms with Gasteiger partial charge in [0.25, 0.3) is 0 Å². The van der Waals surface area contributed by atoms with E-state index in [1.165, 1.54) is 24.3 Å². The Balaban J connectivity index is 2.11. The van der Waals surface area contributed by atoms with E-state index in [1.807, 2.05) is 0 Å². The topological polar surface area (TPSA) is 29.5 Å². The maximum atomic E-state index is 13.3. The predicted octanol–water partition coefficient (Wildman–Crippen LogP) is 3.04. The highest BCUT2D eigenvalue weighted by Crippen LogP contribution is 2.18. The molecule has 2 aromatic rings. The van der Waals surface area contributed by atoms with Crippen LogP contribution in [0.25, 0.3) is 0 Å². The summed E-state index contributed by atoms with van der Waals surface area (Å²) in [6.07, 6.45) is 0. The van der Waals surface area contributed by atoms with Gasteiger partial charge in [0.1, 0.15) is 24.0 Å². The van der Waals surface area contributed by atoms with Gasteiger partial charge in [-0.1, -0.05) is 18.2 Å². The zero-order valence-corrected chi connectivity index (χ0v) is 9.57. The maximum absolute atomic E-state index is 13.3. The van der Waals surface area contributed by atoms with E-state index >= 15 is 0 Å². The second-order valence-electron chi connectivity index (χ2n) is 3.83. The molecule has 0 saturated heterocycles. The molecule has 0 radical (unpaired) electrons. The third kappa shape index (κ3) is 3.05. The van der Waals surface area contributed by atoms with Crippen molar-refractivity contribution in [3.05, 3.63) is 65.2 Å². The minimum atomic E-state index is -0.495. The van der Waals surface area contributed by atoms with Crippen LogP contribution in [-0.2, 0) is 13.2 Å². The lowest BCUT2D eigenvalue weighted by Gasteiger charge is -2.08. The average Bonchev–Trinajstić information content (AvgIpc) is 2.37. The van der Waals surface area contributed by atoms with Gasteiger partial charge in [-0.2, -0.15) is 0 Å². The molecule has 2 aromatic carbocycles. The summed E-state index contributed by atoms with van der Waals surface area (Å²) in [5.74, 6) is -0.594. The number of hydrogen-bond acceptors (Lipinski definition) is 2. The molecule has 2 rings (SSSR count). The molecule has 0 atom stereocenters. The molecule has 0 spiro atoms. The number of hydrogen-bond donors (Lipinski definition) is 1. The smallest absolute Gasteiger partial charge is 0.129 e. The molecule has 4 heteroatoms. The Kier molecular flexibility index (Phi) is 3.89. The van der Waals surface area contributed by atoms with Gasteiger partial charge in [0.05, 0.1) is 6.61 Å². The van der Waals surface area contributed by atoms with Crippen LogP contribution >= 0.6 is 0 Å². The number of benzene rings is 2. The van der Waals surface area contributed by atoms with Crippen molar-refractivity contribution < 1.29 is 18.6 Å². The fraction of sp³-hybridized carbons (Fsp3) is 0.143. The Morgan fingerprint density at radius 1 is 1.06 bits per heavy atom. The van der Waals surface area contributed by atoms with Gasteiger partial charge in [0, 0.05) is 11.6 Å². The lowest BCUT2D eigenvalue weighted by atomic mass is 10.2. The molecule has 1 N–H and O–H groups in total. The molecule has 0 unspecified atom stereocenters. The van der Waals surface area contributed by atoms with E-state index in [9.17, 15) is 8.78 Å². The SMILES string of the molecule is OCc1cc(F)cc(OCc2ccccc2F)c1. The summed E-state index contributed by atoms with van der Waals surface area (Å²) in [4.78, 5) is 0. The summed E-state index contributed by atoms with van der Waals surface area (Å²) in [6, 6.07) is 10.2. The molecule has 2 nitrogen and oxygen atoms in total. The standard InChI is InChI=1S/C14H12F2O2/c15-12-5-10(8-17)6-13(7-12)18-9-11-3-1-2-4-14(11)16/h1-7,17H,8-9H2. The molecule has 0 heterocycles. The Morgan fingerprint density at radius 2 is 1.83 bits per heavy atom. The fourth-order valence-electron chi connectivity index (χ4n) is 1.57. The van der Waals surface area contributed by atoms with Crippen LogP contribution in [-0.4, -0.2) is 5.11 Å². The Bertz CT molecular complexity index is 541. The number of rotatable bonds is 4. The highest BCUT2D eigenvalue weighted by Gasteiger charge is 2.04. The number of ether oxygens (including phenoxy) is 1. The molecule has 0 aliphatic carbocycles. The van der Waals surface area contributed by atoms with Gasteiger partial charge in [-0.3, -0.25) is 0 Å². The monoisotopic (exact) mass is 250 g/mol. The molecule has 0 bridgehead atoms. The predicted molar refractivity (Wildman–Crippen MR) is 63.1 cm³/mol. The summed E-state index contributed by atoms with van der Waals surface area (Å²) in [5, 5.41) is 8.93. The molecule has 0 aromatic heterocycles.